The molecule has 11 heteroatoms. The van der Waals surface area contributed by atoms with Gasteiger partial charge in [-0.05, 0) is 6.07 Å². The first-order valence-corrected chi connectivity index (χ1v) is 5.88. The van der Waals surface area contributed by atoms with Crippen molar-refractivity contribution in [3.63, 3.8) is 0 Å². The van der Waals surface area contributed by atoms with Gasteiger partial charge in [0.15, 0.2) is 0 Å². The fraction of sp³-hybridized carbons (Fsp3) is 0.200. The minimum atomic E-state index is -2.87. The summed E-state index contributed by atoms with van der Waals surface area (Å²) in [6, 6.07) is 1.78. The van der Waals surface area contributed by atoms with Crippen LogP contribution < -0.4 is 5.32 Å². The van der Waals surface area contributed by atoms with Crippen LogP contribution in [-0.4, -0.2) is 36.6 Å². The lowest BCUT2D eigenvalue weighted by molar-refractivity contribution is 0.403. The molecule has 1 heterocycles. The van der Waals surface area contributed by atoms with Crippen molar-refractivity contribution in [2.45, 2.75) is 0 Å². The van der Waals surface area contributed by atoms with Gasteiger partial charge in [0.05, 0.1) is 0 Å². The number of rotatable bonds is 1. The topological polar surface area (TPSA) is 153 Å². The maximum Gasteiger partial charge on any atom is 0.692 e. The second kappa shape index (κ2) is 12.0. The van der Waals surface area contributed by atoms with Gasteiger partial charge in [-0.2, -0.15) is 0 Å². The SMILES string of the molecule is CNc1ncccn1.O=[P+](O)O.O=[P+](O)O. The van der Waals surface area contributed by atoms with E-state index < -0.39 is 16.5 Å². The van der Waals surface area contributed by atoms with Crippen LogP contribution in [0.4, 0.5) is 5.95 Å². The molecular formula is C5H11N3O6P2+2. The van der Waals surface area contributed by atoms with Crippen LogP contribution >= 0.6 is 16.5 Å². The summed E-state index contributed by atoms with van der Waals surface area (Å²) in [6.07, 6.45) is 3.39. The molecule has 0 saturated carbocycles. The third-order valence-corrected chi connectivity index (χ3v) is 0.789. The maximum absolute atomic E-state index is 8.70. The van der Waals surface area contributed by atoms with Crippen molar-refractivity contribution in [1.29, 1.82) is 0 Å². The van der Waals surface area contributed by atoms with E-state index in [1.54, 1.807) is 25.5 Å². The van der Waals surface area contributed by atoms with Crippen molar-refractivity contribution in [2.75, 3.05) is 12.4 Å². The van der Waals surface area contributed by atoms with Crippen LogP contribution in [0.3, 0.4) is 0 Å². The zero-order chi connectivity index (χ0) is 13.0. The molecule has 16 heavy (non-hydrogen) atoms. The molecule has 0 saturated heterocycles. The Balaban J connectivity index is 0. The molecule has 0 fully saturated rings. The van der Waals surface area contributed by atoms with Crippen LogP contribution in [0, 0.1) is 0 Å². The predicted molar refractivity (Wildman–Crippen MR) is 55.7 cm³/mol. The lowest BCUT2D eigenvalue weighted by Crippen LogP contribution is -1.92. The van der Waals surface area contributed by atoms with Crippen molar-refractivity contribution in [3.8, 4) is 0 Å². The Kier molecular flexibility index (Phi) is 13.0. The van der Waals surface area contributed by atoms with E-state index in [0.29, 0.717) is 5.95 Å². The molecule has 1 aromatic rings. The fourth-order valence-corrected chi connectivity index (χ4v) is 0.428. The first-order valence-electron chi connectivity index (χ1n) is 3.55. The average molecular weight is 271 g/mol. The third kappa shape index (κ3) is 23.1. The molecule has 5 N–H and O–H groups in total. The standard InChI is InChI=1S/C5H7N3.2HO3P/c1-6-5-7-3-2-4-8-5;2*1-4(2)3/h2-4H,1H3,(H,6,7,8);2*(H-,1,2,3)/p+2. The molecule has 0 amide bonds. The molecule has 0 aromatic carbocycles. The minimum Gasteiger partial charge on any atom is -0.357 e. The summed E-state index contributed by atoms with van der Waals surface area (Å²) < 4.78 is 17.4. The van der Waals surface area contributed by atoms with E-state index in [1.807, 2.05) is 0 Å². The number of nitrogens with one attached hydrogen (secondary N) is 1. The van der Waals surface area contributed by atoms with Gasteiger partial charge in [-0.3, -0.25) is 0 Å². The molecule has 1 aromatic heterocycles. The molecular weight excluding hydrogens is 260 g/mol. The van der Waals surface area contributed by atoms with Crippen molar-refractivity contribution in [2.24, 2.45) is 0 Å². The second-order valence-electron chi connectivity index (χ2n) is 1.83. The van der Waals surface area contributed by atoms with E-state index >= 15 is 0 Å². The molecule has 0 aliphatic carbocycles. The number of nitrogens with zero attached hydrogens (tertiary/aromatic N) is 2. The molecule has 0 radical (unpaired) electrons. The van der Waals surface area contributed by atoms with Crippen molar-refractivity contribution >= 4 is 22.5 Å². The van der Waals surface area contributed by atoms with Crippen molar-refractivity contribution < 1.29 is 28.7 Å². The van der Waals surface area contributed by atoms with E-state index in [9.17, 15) is 0 Å². The molecule has 0 aliphatic rings. The Morgan fingerprint density at radius 1 is 1.06 bits per heavy atom. The van der Waals surface area contributed by atoms with E-state index in [2.05, 4.69) is 15.3 Å². The van der Waals surface area contributed by atoms with Crippen LogP contribution in [-0.2, 0) is 9.13 Å². The van der Waals surface area contributed by atoms with E-state index in [0.717, 1.165) is 0 Å². The van der Waals surface area contributed by atoms with Gasteiger partial charge in [0.1, 0.15) is 0 Å². The molecule has 90 valence electrons. The highest BCUT2D eigenvalue weighted by molar-refractivity contribution is 7.31. The number of aromatic nitrogens is 2. The van der Waals surface area contributed by atoms with E-state index in [-0.39, 0.29) is 0 Å². The highest BCUT2D eigenvalue weighted by Crippen LogP contribution is 1.98. The van der Waals surface area contributed by atoms with Crippen LogP contribution in [0.25, 0.3) is 0 Å². The fourth-order valence-electron chi connectivity index (χ4n) is 0.428. The van der Waals surface area contributed by atoms with Gasteiger partial charge in [0.2, 0.25) is 5.95 Å². The smallest absolute Gasteiger partial charge is 0.357 e. The normalized spacial score (nSPS) is 7.56. The second-order valence-corrected chi connectivity index (χ2v) is 2.84. The van der Waals surface area contributed by atoms with Crippen LogP contribution in [0.5, 0.6) is 0 Å². The molecule has 1 rings (SSSR count). The van der Waals surface area contributed by atoms with Gasteiger partial charge in [-0.1, -0.05) is 0 Å². The molecule has 0 bridgehead atoms. The summed E-state index contributed by atoms with van der Waals surface area (Å²) in [5.41, 5.74) is 0. The first kappa shape index (κ1) is 17.3. The minimum absolute atomic E-state index is 0.660. The number of hydrogen-bond acceptors (Lipinski definition) is 5. The summed E-state index contributed by atoms with van der Waals surface area (Å²) in [4.78, 5) is 36.2. The van der Waals surface area contributed by atoms with Crippen molar-refractivity contribution in [3.05, 3.63) is 18.5 Å². The molecule has 0 aliphatic heterocycles. The summed E-state index contributed by atoms with van der Waals surface area (Å²) in [5.74, 6) is 0.660. The van der Waals surface area contributed by atoms with Crippen molar-refractivity contribution in [1.82, 2.24) is 9.97 Å². The zero-order valence-electron chi connectivity index (χ0n) is 8.13. The molecule has 0 spiro atoms. The first-order chi connectivity index (χ1) is 7.40. The van der Waals surface area contributed by atoms with Crippen LogP contribution in [0.15, 0.2) is 18.5 Å². The number of hydrogen-bond donors (Lipinski definition) is 5. The highest BCUT2D eigenvalue weighted by Gasteiger charge is 1.93. The molecule has 9 nitrogen and oxygen atoms in total. The Hall–Kier alpha value is -1.08. The Morgan fingerprint density at radius 3 is 1.56 bits per heavy atom. The Morgan fingerprint density at radius 2 is 1.38 bits per heavy atom. The highest BCUT2D eigenvalue weighted by atomic mass is 31.1. The zero-order valence-corrected chi connectivity index (χ0v) is 9.92. The maximum atomic E-state index is 8.70. The Bertz CT molecular complexity index is 290. The summed E-state index contributed by atoms with van der Waals surface area (Å²) in [5, 5.41) is 2.80. The summed E-state index contributed by atoms with van der Waals surface area (Å²) >= 11 is 0. The number of anilines is 1. The van der Waals surface area contributed by atoms with Gasteiger partial charge < -0.3 is 5.32 Å². The largest absolute Gasteiger partial charge is 0.692 e. The van der Waals surface area contributed by atoms with Crippen LogP contribution in [0.2, 0.25) is 0 Å². The van der Waals surface area contributed by atoms with E-state index in [4.69, 9.17) is 28.7 Å². The lowest BCUT2D eigenvalue weighted by atomic mass is 10.7. The van der Waals surface area contributed by atoms with Gasteiger partial charge in [-0.15, -0.1) is 19.6 Å². The van der Waals surface area contributed by atoms with Gasteiger partial charge in [-0.25, -0.2) is 9.97 Å². The Labute approximate surface area is 92.7 Å². The van der Waals surface area contributed by atoms with Gasteiger partial charge in [0, 0.05) is 28.6 Å². The van der Waals surface area contributed by atoms with Crippen LogP contribution in [0.1, 0.15) is 0 Å². The third-order valence-electron chi connectivity index (χ3n) is 0.789. The van der Waals surface area contributed by atoms with Gasteiger partial charge >= 0.3 is 16.5 Å². The average Bonchev–Trinajstić information content (AvgIpc) is 2.17. The predicted octanol–water partition coefficient (Wildman–Crippen LogP) is -0.225. The quantitative estimate of drug-likeness (QED) is 0.436. The lowest BCUT2D eigenvalue weighted by Gasteiger charge is -1.91. The van der Waals surface area contributed by atoms with Gasteiger partial charge in [0.25, 0.3) is 0 Å². The summed E-state index contributed by atoms with van der Waals surface area (Å²) in [7, 11) is -3.95. The monoisotopic (exact) mass is 271 g/mol. The van der Waals surface area contributed by atoms with E-state index in [1.165, 1.54) is 0 Å². The summed E-state index contributed by atoms with van der Waals surface area (Å²) in [6.45, 7) is 0. The molecule has 0 atom stereocenters. The molecule has 0 unspecified atom stereocenters.